The molecule has 1 unspecified atom stereocenters. The molecule has 0 aromatic heterocycles. The summed E-state index contributed by atoms with van der Waals surface area (Å²) in [5, 5.41) is 3.36. The number of hydrogen-bond donors (Lipinski definition) is 1. The van der Waals surface area contributed by atoms with Crippen LogP contribution in [0, 0.1) is 20.8 Å². The van der Waals surface area contributed by atoms with E-state index in [1.807, 2.05) is 26.8 Å². The molecule has 0 bridgehead atoms. The molecule has 1 N–H and O–H groups in total. The second-order valence-electron chi connectivity index (χ2n) is 6.53. The first-order valence-electron chi connectivity index (χ1n) is 8.14. The van der Waals surface area contributed by atoms with Gasteiger partial charge in [-0.1, -0.05) is 17.7 Å². The molecule has 0 aliphatic heterocycles. The summed E-state index contributed by atoms with van der Waals surface area (Å²) in [5.41, 5.74) is 3.72. The molecule has 0 aliphatic rings. The number of benzene rings is 2. The van der Waals surface area contributed by atoms with Crippen LogP contribution >= 0.6 is 11.6 Å². The number of nitrogens with one attached hydrogen (secondary N) is 1. The van der Waals surface area contributed by atoms with Gasteiger partial charge in [-0.15, -0.1) is 0 Å². The third kappa shape index (κ3) is 4.77. The van der Waals surface area contributed by atoms with E-state index >= 15 is 0 Å². The van der Waals surface area contributed by atoms with Gasteiger partial charge >= 0.3 is 0 Å². The van der Waals surface area contributed by atoms with Crippen LogP contribution in [0.3, 0.4) is 0 Å². The van der Waals surface area contributed by atoms with Gasteiger partial charge < -0.3 is 5.32 Å². The van der Waals surface area contributed by atoms with E-state index in [-0.39, 0.29) is 0 Å². The Morgan fingerprint density at radius 2 is 1.65 bits per heavy atom. The molecule has 0 saturated carbocycles. The first kappa shape index (κ1) is 20.3. The fourth-order valence-corrected chi connectivity index (χ4v) is 4.28. The first-order chi connectivity index (χ1) is 12.0. The maximum atomic E-state index is 12.7. The summed E-state index contributed by atoms with van der Waals surface area (Å²) in [7, 11) is -3.65. The summed E-state index contributed by atoms with van der Waals surface area (Å²) in [6, 6.07) is 9.65. The van der Waals surface area contributed by atoms with Crippen molar-refractivity contribution >= 4 is 38.9 Å². The Morgan fingerprint density at radius 1 is 1.08 bits per heavy atom. The number of nitrogens with zero attached hydrogens (tertiary/aromatic N) is 1. The minimum Gasteiger partial charge on any atom is -0.324 e. The van der Waals surface area contributed by atoms with Crippen LogP contribution in [0.1, 0.15) is 23.6 Å². The number of amides is 1. The Morgan fingerprint density at radius 3 is 2.15 bits per heavy atom. The van der Waals surface area contributed by atoms with Crippen molar-refractivity contribution in [2.45, 2.75) is 33.7 Å². The van der Waals surface area contributed by atoms with E-state index in [0.717, 1.165) is 27.3 Å². The van der Waals surface area contributed by atoms with Crippen molar-refractivity contribution in [2.24, 2.45) is 0 Å². The Balaban J connectivity index is 2.37. The molecule has 1 atom stereocenters. The monoisotopic (exact) mass is 394 g/mol. The molecule has 2 aromatic carbocycles. The largest absolute Gasteiger partial charge is 0.324 e. The van der Waals surface area contributed by atoms with Gasteiger partial charge in [-0.3, -0.25) is 9.10 Å². The van der Waals surface area contributed by atoms with Gasteiger partial charge in [-0.05, 0) is 74.7 Å². The van der Waals surface area contributed by atoms with Crippen LogP contribution in [0.2, 0.25) is 5.02 Å². The number of carbonyl (C=O) groups excluding carboxylic acids is 1. The van der Waals surface area contributed by atoms with Crippen LogP contribution in [-0.4, -0.2) is 26.6 Å². The number of aryl methyl sites for hydroxylation is 3. The minimum absolute atomic E-state index is 0.417. The summed E-state index contributed by atoms with van der Waals surface area (Å²) in [5.74, 6) is -0.417. The van der Waals surface area contributed by atoms with Crippen LogP contribution in [0.4, 0.5) is 11.4 Å². The average Bonchev–Trinajstić information content (AvgIpc) is 2.47. The molecule has 0 aliphatic carbocycles. The number of carbonyl (C=O) groups is 1. The smallest absolute Gasteiger partial charge is 0.248 e. The molecule has 140 valence electrons. The molecule has 0 saturated heterocycles. The standard InChI is InChI=1S/C19H23ClN2O3S/c1-12-8-13(2)10-17(9-12)22(26(5,24)25)15(4)19(23)21-18-7-6-16(20)11-14(18)3/h6-11,15H,1-5H3,(H,21,23). The number of rotatable bonds is 5. The van der Waals surface area contributed by atoms with Crippen molar-refractivity contribution in [3.05, 3.63) is 58.1 Å². The molecular formula is C19H23ClN2O3S. The predicted molar refractivity (Wildman–Crippen MR) is 108 cm³/mol. The van der Waals surface area contributed by atoms with Crippen LogP contribution in [0.5, 0.6) is 0 Å². The summed E-state index contributed by atoms with van der Waals surface area (Å²) in [6.45, 7) is 7.17. The zero-order valence-electron chi connectivity index (χ0n) is 15.5. The van der Waals surface area contributed by atoms with Crippen LogP contribution in [-0.2, 0) is 14.8 Å². The van der Waals surface area contributed by atoms with Gasteiger partial charge in [0.15, 0.2) is 0 Å². The molecule has 2 aromatic rings. The lowest BCUT2D eigenvalue weighted by Crippen LogP contribution is -2.45. The zero-order valence-corrected chi connectivity index (χ0v) is 17.1. The van der Waals surface area contributed by atoms with Gasteiger partial charge in [0, 0.05) is 10.7 Å². The van der Waals surface area contributed by atoms with Crippen molar-refractivity contribution in [3.63, 3.8) is 0 Å². The molecule has 0 radical (unpaired) electrons. The summed E-state index contributed by atoms with van der Waals surface area (Å²) >= 11 is 5.94. The molecule has 0 heterocycles. The maximum absolute atomic E-state index is 12.7. The number of hydrogen-bond acceptors (Lipinski definition) is 3. The predicted octanol–water partition coefficient (Wildman–Crippen LogP) is 4.06. The molecule has 26 heavy (non-hydrogen) atoms. The van der Waals surface area contributed by atoms with Crippen molar-refractivity contribution in [2.75, 3.05) is 15.9 Å². The quantitative estimate of drug-likeness (QED) is 0.831. The summed E-state index contributed by atoms with van der Waals surface area (Å²) in [6.07, 6.45) is 1.10. The Bertz CT molecular complexity index is 922. The van der Waals surface area contributed by atoms with E-state index in [1.165, 1.54) is 0 Å². The molecular weight excluding hydrogens is 372 g/mol. The van der Waals surface area contributed by atoms with Crippen molar-refractivity contribution in [1.29, 1.82) is 0 Å². The van der Waals surface area contributed by atoms with Gasteiger partial charge in [0.1, 0.15) is 6.04 Å². The highest BCUT2D eigenvalue weighted by Gasteiger charge is 2.29. The van der Waals surface area contributed by atoms with Crippen molar-refractivity contribution < 1.29 is 13.2 Å². The van der Waals surface area contributed by atoms with Gasteiger partial charge in [-0.25, -0.2) is 8.42 Å². The van der Waals surface area contributed by atoms with E-state index in [0.29, 0.717) is 16.4 Å². The molecule has 5 nitrogen and oxygen atoms in total. The van der Waals surface area contributed by atoms with Gasteiger partial charge in [0.2, 0.25) is 15.9 Å². The van der Waals surface area contributed by atoms with Crippen molar-refractivity contribution in [3.8, 4) is 0 Å². The van der Waals surface area contributed by atoms with Crippen LogP contribution in [0.15, 0.2) is 36.4 Å². The van der Waals surface area contributed by atoms with E-state index in [9.17, 15) is 13.2 Å². The lowest BCUT2D eigenvalue weighted by atomic mass is 10.1. The van der Waals surface area contributed by atoms with Gasteiger partial charge in [-0.2, -0.15) is 0 Å². The summed E-state index contributed by atoms with van der Waals surface area (Å²) < 4.78 is 25.9. The number of sulfonamides is 1. The third-order valence-electron chi connectivity index (χ3n) is 4.00. The highest BCUT2D eigenvalue weighted by Crippen LogP contribution is 2.25. The lowest BCUT2D eigenvalue weighted by molar-refractivity contribution is -0.116. The second kappa shape index (κ2) is 7.68. The Hall–Kier alpha value is -2.05. The molecule has 0 fully saturated rings. The van der Waals surface area contributed by atoms with Crippen LogP contribution in [0.25, 0.3) is 0 Å². The number of anilines is 2. The van der Waals surface area contributed by atoms with E-state index in [4.69, 9.17) is 11.6 Å². The van der Waals surface area contributed by atoms with Crippen molar-refractivity contribution in [1.82, 2.24) is 0 Å². The normalized spacial score (nSPS) is 12.5. The van der Waals surface area contributed by atoms with Gasteiger partial charge in [0.05, 0.1) is 11.9 Å². The molecule has 2 rings (SSSR count). The van der Waals surface area contributed by atoms with Gasteiger partial charge in [0.25, 0.3) is 0 Å². The topological polar surface area (TPSA) is 66.5 Å². The Kier molecular flexibility index (Phi) is 5.98. The maximum Gasteiger partial charge on any atom is 0.248 e. The molecule has 1 amide bonds. The van der Waals surface area contributed by atoms with E-state index < -0.39 is 22.0 Å². The minimum atomic E-state index is -3.65. The van der Waals surface area contributed by atoms with E-state index in [2.05, 4.69) is 5.32 Å². The second-order valence-corrected chi connectivity index (χ2v) is 8.83. The number of halogens is 1. The average molecular weight is 395 g/mol. The fraction of sp³-hybridized carbons (Fsp3) is 0.316. The lowest BCUT2D eigenvalue weighted by Gasteiger charge is -2.29. The fourth-order valence-electron chi connectivity index (χ4n) is 2.89. The van der Waals surface area contributed by atoms with E-state index in [1.54, 1.807) is 37.3 Å². The zero-order chi connectivity index (χ0) is 19.6. The highest BCUT2D eigenvalue weighted by molar-refractivity contribution is 7.92. The molecule has 7 heteroatoms. The SMILES string of the molecule is Cc1cc(C)cc(N(C(C)C(=O)Nc2ccc(Cl)cc2C)S(C)(=O)=O)c1. The third-order valence-corrected chi connectivity index (χ3v) is 5.47. The first-order valence-corrected chi connectivity index (χ1v) is 10.4. The Labute approximate surface area is 160 Å². The molecule has 0 spiro atoms. The van der Waals surface area contributed by atoms with Crippen LogP contribution < -0.4 is 9.62 Å². The highest BCUT2D eigenvalue weighted by atomic mass is 35.5. The summed E-state index contributed by atoms with van der Waals surface area (Å²) in [4.78, 5) is 12.7.